The Balaban J connectivity index is 2.14. The summed E-state index contributed by atoms with van der Waals surface area (Å²) in [5.41, 5.74) is 1.60. The van der Waals surface area contributed by atoms with Crippen molar-refractivity contribution >= 4 is 0 Å². The quantitative estimate of drug-likeness (QED) is 0.730. The van der Waals surface area contributed by atoms with Crippen molar-refractivity contribution in [2.75, 3.05) is 6.61 Å². The minimum atomic E-state index is -0.530. The third kappa shape index (κ3) is 1.74. The summed E-state index contributed by atoms with van der Waals surface area (Å²) < 4.78 is 0. The molecule has 1 saturated carbocycles. The summed E-state index contributed by atoms with van der Waals surface area (Å²) in [6.45, 7) is 0.184. The molecule has 0 spiro atoms. The number of hydrogen-bond acceptors (Lipinski definition) is 2. The Morgan fingerprint density at radius 1 is 1.15 bits per heavy atom. The standard InChI is InChI=1S/C11H14O2/c12-8-5-9-1-3-10(4-2-9)11(13)6-7-11/h1-4,12-13H,5-8H2. The number of hydrogen-bond donors (Lipinski definition) is 2. The first kappa shape index (κ1) is 8.73. The van der Waals surface area contributed by atoms with E-state index in [0.717, 1.165) is 24.0 Å². The van der Waals surface area contributed by atoms with Crippen LogP contribution in [-0.4, -0.2) is 16.8 Å². The third-order valence-electron chi connectivity index (χ3n) is 2.62. The summed E-state index contributed by atoms with van der Waals surface area (Å²) in [5, 5.41) is 18.5. The van der Waals surface area contributed by atoms with E-state index in [9.17, 15) is 5.11 Å². The van der Waals surface area contributed by atoms with Crippen molar-refractivity contribution < 1.29 is 10.2 Å². The Labute approximate surface area is 77.8 Å². The zero-order valence-corrected chi connectivity index (χ0v) is 7.53. The number of aliphatic hydroxyl groups is 2. The summed E-state index contributed by atoms with van der Waals surface area (Å²) in [6.07, 6.45) is 2.46. The molecule has 0 bridgehead atoms. The van der Waals surface area contributed by atoms with Gasteiger partial charge in [-0.15, -0.1) is 0 Å². The molecule has 0 unspecified atom stereocenters. The Morgan fingerprint density at radius 3 is 2.23 bits per heavy atom. The van der Waals surface area contributed by atoms with Crippen molar-refractivity contribution in [1.29, 1.82) is 0 Å². The second-order valence-corrected chi connectivity index (χ2v) is 3.70. The maximum Gasteiger partial charge on any atom is 0.0899 e. The molecule has 1 fully saturated rings. The molecule has 0 saturated heterocycles. The van der Waals surface area contributed by atoms with Gasteiger partial charge in [0.1, 0.15) is 0 Å². The summed E-state index contributed by atoms with van der Waals surface area (Å²) in [5.74, 6) is 0. The molecular weight excluding hydrogens is 164 g/mol. The zero-order valence-electron chi connectivity index (χ0n) is 7.53. The van der Waals surface area contributed by atoms with E-state index < -0.39 is 5.60 Å². The molecule has 0 atom stereocenters. The largest absolute Gasteiger partial charge is 0.396 e. The van der Waals surface area contributed by atoms with Gasteiger partial charge in [-0.3, -0.25) is 0 Å². The SMILES string of the molecule is OCCc1ccc(C2(O)CC2)cc1. The smallest absolute Gasteiger partial charge is 0.0899 e. The summed E-state index contributed by atoms with van der Waals surface area (Å²) in [6, 6.07) is 7.86. The first-order valence-electron chi connectivity index (χ1n) is 4.67. The molecule has 0 aromatic heterocycles. The molecule has 0 amide bonds. The van der Waals surface area contributed by atoms with E-state index in [1.807, 2.05) is 24.3 Å². The molecule has 1 aromatic rings. The predicted octanol–water partition coefficient (Wildman–Crippen LogP) is 1.20. The van der Waals surface area contributed by atoms with Crippen LogP contribution in [0.1, 0.15) is 24.0 Å². The fourth-order valence-corrected chi connectivity index (χ4v) is 1.52. The lowest BCUT2D eigenvalue weighted by molar-refractivity contribution is 0.151. The first-order chi connectivity index (χ1) is 6.24. The van der Waals surface area contributed by atoms with Crippen molar-refractivity contribution in [3.8, 4) is 0 Å². The van der Waals surface area contributed by atoms with Crippen molar-refractivity contribution in [2.45, 2.75) is 24.9 Å². The molecule has 2 rings (SSSR count). The fraction of sp³-hybridized carbons (Fsp3) is 0.455. The highest BCUT2D eigenvalue weighted by Crippen LogP contribution is 2.45. The van der Waals surface area contributed by atoms with E-state index in [4.69, 9.17) is 5.11 Å². The van der Waals surface area contributed by atoms with E-state index in [-0.39, 0.29) is 6.61 Å². The van der Waals surface area contributed by atoms with Crippen molar-refractivity contribution in [3.05, 3.63) is 35.4 Å². The molecule has 2 nitrogen and oxygen atoms in total. The highest BCUT2D eigenvalue weighted by atomic mass is 16.3. The van der Waals surface area contributed by atoms with Crippen LogP contribution in [0, 0.1) is 0 Å². The van der Waals surface area contributed by atoms with Crippen LogP contribution < -0.4 is 0 Å². The second kappa shape index (κ2) is 3.13. The topological polar surface area (TPSA) is 40.5 Å². The third-order valence-corrected chi connectivity index (χ3v) is 2.62. The van der Waals surface area contributed by atoms with Gasteiger partial charge in [-0.25, -0.2) is 0 Å². The van der Waals surface area contributed by atoms with Gasteiger partial charge in [-0.2, -0.15) is 0 Å². The molecule has 0 aliphatic heterocycles. The summed E-state index contributed by atoms with van der Waals surface area (Å²) >= 11 is 0. The van der Waals surface area contributed by atoms with Gasteiger partial charge < -0.3 is 10.2 Å². The molecule has 1 aliphatic rings. The Bertz CT molecular complexity index is 285. The lowest BCUT2D eigenvalue weighted by Gasteiger charge is -2.08. The van der Waals surface area contributed by atoms with Crippen molar-refractivity contribution in [3.63, 3.8) is 0 Å². The van der Waals surface area contributed by atoms with Crippen LogP contribution in [0.3, 0.4) is 0 Å². The van der Waals surface area contributed by atoms with Gasteiger partial charge in [0.25, 0.3) is 0 Å². The molecule has 0 radical (unpaired) electrons. The maximum absolute atomic E-state index is 9.77. The highest BCUT2D eigenvalue weighted by Gasteiger charge is 2.41. The van der Waals surface area contributed by atoms with Gasteiger partial charge in [0.2, 0.25) is 0 Å². The van der Waals surface area contributed by atoms with Crippen LogP contribution in [0.5, 0.6) is 0 Å². The highest BCUT2D eigenvalue weighted by molar-refractivity contribution is 5.30. The average molecular weight is 178 g/mol. The van der Waals surface area contributed by atoms with E-state index in [1.165, 1.54) is 0 Å². The van der Waals surface area contributed by atoms with Crippen LogP contribution in [0.15, 0.2) is 24.3 Å². The van der Waals surface area contributed by atoms with Gasteiger partial charge in [-0.05, 0) is 30.4 Å². The second-order valence-electron chi connectivity index (χ2n) is 3.70. The molecule has 2 heteroatoms. The van der Waals surface area contributed by atoms with Gasteiger partial charge in [-0.1, -0.05) is 24.3 Å². The van der Waals surface area contributed by atoms with E-state index >= 15 is 0 Å². The van der Waals surface area contributed by atoms with E-state index in [2.05, 4.69) is 0 Å². The molecule has 0 heterocycles. The van der Waals surface area contributed by atoms with Crippen LogP contribution >= 0.6 is 0 Å². The molecule has 2 N–H and O–H groups in total. The zero-order chi connectivity index (χ0) is 9.31. The Kier molecular flexibility index (Phi) is 2.10. The van der Waals surface area contributed by atoms with Gasteiger partial charge in [0, 0.05) is 6.61 Å². The van der Waals surface area contributed by atoms with E-state index in [1.54, 1.807) is 0 Å². The van der Waals surface area contributed by atoms with Crippen LogP contribution in [-0.2, 0) is 12.0 Å². The van der Waals surface area contributed by atoms with Crippen LogP contribution in [0.4, 0.5) is 0 Å². The molecule has 70 valence electrons. The van der Waals surface area contributed by atoms with Crippen molar-refractivity contribution in [2.24, 2.45) is 0 Å². The van der Waals surface area contributed by atoms with E-state index in [0.29, 0.717) is 6.42 Å². The molecule has 1 aliphatic carbocycles. The molecule has 13 heavy (non-hydrogen) atoms. The lowest BCUT2D eigenvalue weighted by Crippen LogP contribution is -2.03. The molecular formula is C11H14O2. The van der Waals surface area contributed by atoms with Gasteiger partial charge in [0.05, 0.1) is 5.60 Å². The Hall–Kier alpha value is -0.860. The lowest BCUT2D eigenvalue weighted by atomic mass is 10.0. The Morgan fingerprint density at radius 2 is 1.77 bits per heavy atom. The number of rotatable bonds is 3. The monoisotopic (exact) mass is 178 g/mol. The fourth-order valence-electron chi connectivity index (χ4n) is 1.52. The minimum Gasteiger partial charge on any atom is -0.396 e. The molecule has 1 aromatic carbocycles. The number of benzene rings is 1. The normalized spacial score (nSPS) is 18.6. The summed E-state index contributed by atoms with van der Waals surface area (Å²) in [7, 11) is 0. The average Bonchev–Trinajstić information content (AvgIpc) is 2.87. The van der Waals surface area contributed by atoms with Crippen LogP contribution in [0.2, 0.25) is 0 Å². The van der Waals surface area contributed by atoms with Gasteiger partial charge in [0.15, 0.2) is 0 Å². The first-order valence-corrected chi connectivity index (χ1v) is 4.67. The number of aliphatic hydroxyl groups excluding tert-OH is 1. The maximum atomic E-state index is 9.77. The predicted molar refractivity (Wildman–Crippen MR) is 50.4 cm³/mol. The van der Waals surface area contributed by atoms with Gasteiger partial charge >= 0.3 is 0 Å². The minimum absolute atomic E-state index is 0.184. The summed E-state index contributed by atoms with van der Waals surface area (Å²) in [4.78, 5) is 0. The van der Waals surface area contributed by atoms with Crippen molar-refractivity contribution in [1.82, 2.24) is 0 Å². The van der Waals surface area contributed by atoms with Crippen LogP contribution in [0.25, 0.3) is 0 Å².